The van der Waals surface area contributed by atoms with Gasteiger partial charge in [0.2, 0.25) is 0 Å². The molecular weight excluding hydrogens is 466 g/mol. The molecule has 0 amide bonds. The minimum absolute atomic E-state index is 0.0408. The fourth-order valence-corrected chi connectivity index (χ4v) is 4.64. The van der Waals surface area contributed by atoms with E-state index < -0.39 is 15.9 Å². The van der Waals surface area contributed by atoms with Gasteiger partial charge in [0.1, 0.15) is 22.6 Å². The van der Waals surface area contributed by atoms with E-state index >= 15 is 0 Å². The number of hydrogen-bond acceptors (Lipinski definition) is 7. The number of aryl methyl sites for hydroxylation is 2. The highest BCUT2D eigenvalue weighted by Gasteiger charge is 2.23. The maximum Gasteiger partial charge on any atom is 0.198 e. The Hall–Kier alpha value is -3.17. The van der Waals surface area contributed by atoms with Crippen molar-refractivity contribution in [2.75, 3.05) is 6.26 Å². The first kappa shape index (κ1) is 23.0. The fraction of sp³-hybridized carbons (Fsp3) is 0.261. The summed E-state index contributed by atoms with van der Waals surface area (Å²) in [6.07, 6.45) is 3.77. The monoisotopic (exact) mass is 487 g/mol. The van der Waals surface area contributed by atoms with Crippen LogP contribution in [-0.2, 0) is 16.9 Å². The zero-order chi connectivity index (χ0) is 24.1. The summed E-state index contributed by atoms with van der Waals surface area (Å²) in [4.78, 5) is 17.1. The van der Waals surface area contributed by atoms with Crippen molar-refractivity contribution in [2.45, 2.75) is 31.9 Å². The Morgan fingerprint density at radius 2 is 1.94 bits per heavy atom. The predicted molar refractivity (Wildman–Crippen MR) is 126 cm³/mol. The van der Waals surface area contributed by atoms with E-state index in [4.69, 9.17) is 20.8 Å². The van der Waals surface area contributed by atoms with Crippen LogP contribution in [0.25, 0.3) is 22.3 Å². The van der Waals surface area contributed by atoms with Gasteiger partial charge < -0.3 is 9.15 Å². The molecule has 0 aliphatic rings. The molecule has 0 unspecified atom stereocenters. The van der Waals surface area contributed by atoms with Crippen molar-refractivity contribution in [3.8, 4) is 17.1 Å². The smallest absolute Gasteiger partial charge is 0.198 e. The highest BCUT2D eigenvalue weighted by molar-refractivity contribution is 7.90. The Morgan fingerprint density at radius 3 is 2.58 bits per heavy atom. The van der Waals surface area contributed by atoms with Gasteiger partial charge in [-0.05, 0) is 50.6 Å². The number of hydrogen-bond donors (Lipinski definition) is 0. The normalized spacial score (nSPS) is 12.8. The summed E-state index contributed by atoms with van der Waals surface area (Å²) in [6.45, 7) is 5.33. The molecule has 172 valence electrons. The standard InChI is InChI=1S/C23H22ClN3O5S/c1-12-8-16(14(3)31-18-6-7-19(24)26-23(18)33(5,29)30)22-17(9-12)20(28)13(2)21(32-22)15-10-25-27(4)11-15/h6-11,14H,1-5H3/t14-/m1/s1. The lowest BCUT2D eigenvalue weighted by atomic mass is 10.0. The third-order valence-electron chi connectivity index (χ3n) is 5.24. The van der Waals surface area contributed by atoms with E-state index in [1.54, 1.807) is 44.0 Å². The second-order valence-corrected chi connectivity index (χ2v) is 10.3. The Balaban J connectivity index is 1.89. The highest BCUT2D eigenvalue weighted by Crippen LogP contribution is 2.34. The molecule has 33 heavy (non-hydrogen) atoms. The van der Waals surface area contributed by atoms with Gasteiger partial charge in [-0.2, -0.15) is 5.10 Å². The first-order chi connectivity index (χ1) is 15.5. The molecule has 3 aromatic heterocycles. The summed E-state index contributed by atoms with van der Waals surface area (Å²) < 4.78 is 38.3. The summed E-state index contributed by atoms with van der Waals surface area (Å²) in [5.41, 5.74) is 2.80. The van der Waals surface area contributed by atoms with Gasteiger partial charge >= 0.3 is 0 Å². The molecule has 4 rings (SSSR count). The largest absolute Gasteiger partial charge is 0.483 e. The first-order valence-corrected chi connectivity index (χ1v) is 12.3. The van der Waals surface area contributed by atoms with Crippen LogP contribution in [0.4, 0.5) is 0 Å². The molecule has 3 heterocycles. The van der Waals surface area contributed by atoms with E-state index in [0.717, 1.165) is 11.8 Å². The molecule has 10 heteroatoms. The van der Waals surface area contributed by atoms with Gasteiger partial charge in [-0.3, -0.25) is 9.48 Å². The molecule has 0 bridgehead atoms. The van der Waals surface area contributed by atoms with Crippen LogP contribution in [0.15, 0.2) is 50.9 Å². The number of rotatable bonds is 5. The van der Waals surface area contributed by atoms with Crippen molar-refractivity contribution in [2.24, 2.45) is 7.05 Å². The molecule has 8 nitrogen and oxygen atoms in total. The number of nitrogens with zero attached hydrogens (tertiary/aromatic N) is 3. The average Bonchev–Trinajstić information content (AvgIpc) is 3.17. The maximum absolute atomic E-state index is 13.2. The molecule has 0 saturated heterocycles. The van der Waals surface area contributed by atoms with Crippen LogP contribution in [0, 0.1) is 13.8 Å². The zero-order valence-electron chi connectivity index (χ0n) is 18.7. The zero-order valence-corrected chi connectivity index (χ0v) is 20.3. The van der Waals surface area contributed by atoms with E-state index in [0.29, 0.717) is 33.4 Å². The summed E-state index contributed by atoms with van der Waals surface area (Å²) in [6, 6.07) is 6.53. The van der Waals surface area contributed by atoms with Crippen molar-refractivity contribution in [1.29, 1.82) is 0 Å². The molecule has 0 saturated carbocycles. The van der Waals surface area contributed by atoms with Gasteiger partial charge in [0.15, 0.2) is 26.0 Å². The lowest BCUT2D eigenvalue weighted by molar-refractivity contribution is 0.219. The van der Waals surface area contributed by atoms with E-state index in [9.17, 15) is 13.2 Å². The van der Waals surface area contributed by atoms with Crippen LogP contribution in [-0.4, -0.2) is 29.4 Å². The molecule has 0 N–H and O–H groups in total. The number of ether oxygens (including phenoxy) is 1. The summed E-state index contributed by atoms with van der Waals surface area (Å²) in [5, 5.41) is 4.37. The Kier molecular flexibility index (Phi) is 5.79. The van der Waals surface area contributed by atoms with Gasteiger partial charge in [-0.25, -0.2) is 13.4 Å². The minimum atomic E-state index is -3.69. The SMILES string of the molecule is Cc1cc([C@@H](C)Oc2ccc(Cl)nc2S(C)(=O)=O)c2oc(-c3cnn(C)c3)c(C)c(=O)c2c1. The summed E-state index contributed by atoms with van der Waals surface area (Å²) >= 11 is 5.90. The fourth-order valence-electron chi connectivity index (χ4n) is 3.70. The molecule has 0 aliphatic heterocycles. The average molecular weight is 488 g/mol. The van der Waals surface area contributed by atoms with Crippen LogP contribution in [0.2, 0.25) is 5.15 Å². The number of sulfone groups is 1. The molecular formula is C23H22ClN3O5S. The topological polar surface area (TPSA) is 104 Å². The molecule has 0 fully saturated rings. The van der Waals surface area contributed by atoms with Crippen LogP contribution < -0.4 is 10.2 Å². The van der Waals surface area contributed by atoms with Crippen molar-refractivity contribution < 1.29 is 17.6 Å². The first-order valence-electron chi connectivity index (χ1n) is 10.1. The van der Waals surface area contributed by atoms with E-state index in [1.165, 1.54) is 12.1 Å². The number of aromatic nitrogens is 3. The van der Waals surface area contributed by atoms with Crippen molar-refractivity contribution in [1.82, 2.24) is 14.8 Å². The number of benzene rings is 1. The number of fused-ring (bicyclic) bond motifs is 1. The predicted octanol–water partition coefficient (Wildman–Crippen LogP) is 4.40. The van der Waals surface area contributed by atoms with Gasteiger partial charge in [0.05, 0.1) is 17.1 Å². The second kappa shape index (κ2) is 8.31. The Bertz CT molecular complexity index is 1560. The van der Waals surface area contributed by atoms with Crippen molar-refractivity contribution in [3.05, 3.63) is 68.7 Å². The summed E-state index contributed by atoms with van der Waals surface area (Å²) in [7, 11) is -1.91. The highest BCUT2D eigenvalue weighted by atomic mass is 35.5. The number of pyridine rings is 1. The minimum Gasteiger partial charge on any atom is -0.483 e. The number of halogens is 1. The Morgan fingerprint density at radius 1 is 1.21 bits per heavy atom. The Labute approximate surface area is 195 Å². The van der Waals surface area contributed by atoms with Crippen LogP contribution in [0.5, 0.6) is 5.75 Å². The van der Waals surface area contributed by atoms with Gasteiger partial charge in [0, 0.05) is 30.6 Å². The van der Waals surface area contributed by atoms with Crippen molar-refractivity contribution >= 4 is 32.4 Å². The molecule has 0 spiro atoms. The third kappa shape index (κ3) is 4.38. The maximum atomic E-state index is 13.2. The third-order valence-corrected chi connectivity index (χ3v) is 6.45. The van der Waals surface area contributed by atoms with Crippen LogP contribution >= 0.6 is 11.6 Å². The van der Waals surface area contributed by atoms with E-state index in [-0.39, 0.29) is 21.4 Å². The van der Waals surface area contributed by atoms with E-state index in [2.05, 4.69) is 10.1 Å². The quantitative estimate of drug-likeness (QED) is 0.384. The molecule has 0 aliphatic carbocycles. The second-order valence-electron chi connectivity index (χ2n) is 7.99. The van der Waals surface area contributed by atoms with Crippen LogP contribution in [0.1, 0.15) is 29.7 Å². The van der Waals surface area contributed by atoms with Crippen LogP contribution in [0.3, 0.4) is 0 Å². The van der Waals surface area contributed by atoms with Gasteiger partial charge in [0.25, 0.3) is 0 Å². The van der Waals surface area contributed by atoms with Gasteiger partial charge in [-0.15, -0.1) is 0 Å². The van der Waals surface area contributed by atoms with Crippen molar-refractivity contribution in [3.63, 3.8) is 0 Å². The molecule has 4 aromatic rings. The lowest BCUT2D eigenvalue weighted by Crippen LogP contribution is -2.12. The molecule has 1 atom stereocenters. The molecule has 1 aromatic carbocycles. The van der Waals surface area contributed by atoms with Gasteiger partial charge in [-0.1, -0.05) is 11.6 Å². The lowest BCUT2D eigenvalue weighted by Gasteiger charge is -2.19. The summed E-state index contributed by atoms with van der Waals surface area (Å²) in [5.74, 6) is 0.480. The molecule has 0 radical (unpaired) electrons. The van der Waals surface area contributed by atoms with E-state index in [1.807, 2.05) is 13.0 Å².